The molecular weight excluding hydrogens is 267 g/mol. The van der Waals surface area contributed by atoms with E-state index in [-0.39, 0.29) is 6.04 Å². The van der Waals surface area contributed by atoms with Gasteiger partial charge < -0.3 is 10.2 Å². The largest absolute Gasteiger partial charge is 0.313 e. The van der Waals surface area contributed by atoms with Crippen LogP contribution in [-0.2, 0) is 0 Å². The van der Waals surface area contributed by atoms with Crippen LogP contribution in [0.1, 0.15) is 30.9 Å². The molecule has 2 nitrogen and oxygen atoms in total. The molecule has 100 valence electrons. The lowest BCUT2D eigenvalue weighted by atomic mass is 10.0. The summed E-state index contributed by atoms with van der Waals surface area (Å²) in [6.07, 6.45) is 3.74. The molecule has 1 aliphatic rings. The van der Waals surface area contributed by atoms with Crippen molar-refractivity contribution < 1.29 is 0 Å². The van der Waals surface area contributed by atoms with Crippen LogP contribution in [0.4, 0.5) is 0 Å². The second-order valence-corrected chi connectivity index (χ2v) is 5.77. The molecule has 1 aromatic rings. The summed E-state index contributed by atoms with van der Waals surface area (Å²) in [6.45, 7) is 1.08. The average molecular weight is 287 g/mol. The number of nitrogens with one attached hydrogen (secondary N) is 1. The first-order valence-electron chi connectivity index (χ1n) is 6.45. The Bertz CT molecular complexity index is 405. The molecule has 1 aliphatic carbocycles. The maximum Gasteiger partial charge on any atom is 0.0640 e. The Morgan fingerprint density at radius 1 is 1.39 bits per heavy atom. The first-order valence-corrected chi connectivity index (χ1v) is 7.20. The molecule has 0 aromatic heterocycles. The SMILES string of the molecule is CNC(CCN(C)C1CC1)c1cccc(Cl)c1Cl. The third-order valence-electron chi connectivity index (χ3n) is 3.65. The normalized spacial score (nSPS) is 17.2. The summed E-state index contributed by atoms with van der Waals surface area (Å²) in [5, 5.41) is 4.63. The number of nitrogens with zero attached hydrogens (tertiary/aromatic N) is 1. The molecule has 1 aromatic carbocycles. The Morgan fingerprint density at radius 2 is 2.11 bits per heavy atom. The van der Waals surface area contributed by atoms with Gasteiger partial charge in [-0.3, -0.25) is 0 Å². The summed E-state index contributed by atoms with van der Waals surface area (Å²) in [6, 6.07) is 6.90. The van der Waals surface area contributed by atoms with E-state index in [0.29, 0.717) is 10.0 Å². The van der Waals surface area contributed by atoms with Gasteiger partial charge in [0, 0.05) is 12.1 Å². The molecule has 1 atom stereocenters. The summed E-state index contributed by atoms with van der Waals surface area (Å²) in [5.74, 6) is 0. The Hall–Kier alpha value is -0.280. The van der Waals surface area contributed by atoms with Gasteiger partial charge in [-0.1, -0.05) is 35.3 Å². The van der Waals surface area contributed by atoms with Gasteiger partial charge in [0.1, 0.15) is 0 Å². The monoisotopic (exact) mass is 286 g/mol. The molecule has 1 saturated carbocycles. The quantitative estimate of drug-likeness (QED) is 0.857. The zero-order chi connectivity index (χ0) is 13.1. The van der Waals surface area contributed by atoms with E-state index in [1.165, 1.54) is 12.8 Å². The van der Waals surface area contributed by atoms with Crippen LogP contribution in [0, 0.1) is 0 Å². The van der Waals surface area contributed by atoms with Crippen molar-refractivity contribution in [3.05, 3.63) is 33.8 Å². The molecule has 1 N–H and O–H groups in total. The third kappa shape index (κ3) is 3.39. The van der Waals surface area contributed by atoms with Crippen molar-refractivity contribution in [2.45, 2.75) is 31.3 Å². The molecule has 2 rings (SSSR count). The van der Waals surface area contributed by atoms with Crippen molar-refractivity contribution in [1.82, 2.24) is 10.2 Å². The van der Waals surface area contributed by atoms with Crippen molar-refractivity contribution in [1.29, 1.82) is 0 Å². The maximum atomic E-state index is 6.27. The number of rotatable bonds is 6. The average Bonchev–Trinajstić information content (AvgIpc) is 3.18. The fraction of sp³-hybridized carbons (Fsp3) is 0.571. The van der Waals surface area contributed by atoms with Gasteiger partial charge in [-0.15, -0.1) is 0 Å². The molecule has 4 heteroatoms. The van der Waals surface area contributed by atoms with Crippen molar-refractivity contribution in [2.24, 2.45) is 0 Å². The number of hydrogen-bond donors (Lipinski definition) is 1. The Balaban J connectivity index is 2.00. The van der Waals surface area contributed by atoms with E-state index in [1.807, 2.05) is 25.2 Å². The minimum absolute atomic E-state index is 0.261. The molecule has 18 heavy (non-hydrogen) atoms. The highest BCUT2D eigenvalue weighted by Crippen LogP contribution is 2.32. The van der Waals surface area contributed by atoms with Crippen LogP contribution in [0.3, 0.4) is 0 Å². The first-order chi connectivity index (χ1) is 8.63. The van der Waals surface area contributed by atoms with E-state index in [2.05, 4.69) is 17.3 Å². The van der Waals surface area contributed by atoms with Crippen LogP contribution in [0.2, 0.25) is 10.0 Å². The van der Waals surface area contributed by atoms with Gasteiger partial charge in [-0.25, -0.2) is 0 Å². The van der Waals surface area contributed by atoms with Gasteiger partial charge in [-0.05, 0) is 51.5 Å². The fourth-order valence-electron chi connectivity index (χ4n) is 2.28. The fourth-order valence-corrected chi connectivity index (χ4v) is 2.72. The summed E-state index contributed by atoms with van der Waals surface area (Å²) in [5.41, 5.74) is 1.09. The zero-order valence-corrected chi connectivity index (χ0v) is 12.4. The van der Waals surface area contributed by atoms with Gasteiger partial charge in [0.05, 0.1) is 10.0 Å². The molecule has 0 radical (unpaired) electrons. The van der Waals surface area contributed by atoms with E-state index in [1.54, 1.807) is 0 Å². The minimum atomic E-state index is 0.261. The summed E-state index contributed by atoms with van der Waals surface area (Å²) >= 11 is 12.3. The van der Waals surface area contributed by atoms with Crippen LogP contribution in [0.5, 0.6) is 0 Å². The van der Waals surface area contributed by atoms with Crippen molar-refractivity contribution >= 4 is 23.2 Å². The standard InChI is InChI=1S/C14H20Cl2N2/c1-17-13(8-9-18(2)10-6-7-10)11-4-3-5-12(15)14(11)16/h3-5,10,13,17H,6-9H2,1-2H3. The van der Waals surface area contributed by atoms with E-state index in [4.69, 9.17) is 23.2 Å². The van der Waals surface area contributed by atoms with Crippen LogP contribution in [0.25, 0.3) is 0 Å². The number of halogens is 2. The Labute approximate surface area is 119 Å². The molecule has 1 fully saturated rings. The second-order valence-electron chi connectivity index (χ2n) is 4.98. The van der Waals surface area contributed by atoms with Gasteiger partial charge in [0.2, 0.25) is 0 Å². The summed E-state index contributed by atoms with van der Waals surface area (Å²) in [7, 11) is 4.17. The maximum absolute atomic E-state index is 6.27. The Morgan fingerprint density at radius 3 is 2.72 bits per heavy atom. The molecule has 0 aliphatic heterocycles. The Kier molecular flexibility index (Phi) is 4.91. The van der Waals surface area contributed by atoms with Crippen molar-refractivity contribution in [3.63, 3.8) is 0 Å². The summed E-state index contributed by atoms with van der Waals surface area (Å²) in [4.78, 5) is 2.43. The predicted octanol–water partition coefficient (Wildman–Crippen LogP) is 3.74. The van der Waals surface area contributed by atoms with E-state index in [0.717, 1.165) is 24.6 Å². The molecule has 0 amide bonds. The smallest absolute Gasteiger partial charge is 0.0640 e. The van der Waals surface area contributed by atoms with Crippen LogP contribution in [-0.4, -0.2) is 31.6 Å². The minimum Gasteiger partial charge on any atom is -0.313 e. The lowest BCUT2D eigenvalue weighted by molar-refractivity contribution is 0.302. The van der Waals surface area contributed by atoms with Gasteiger partial charge in [0.15, 0.2) is 0 Å². The lowest BCUT2D eigenvalue weighted by Gasteiger charge is -2.22. The summed E-state index contributed by atoms with van der Waals surface area (Å²) < 4.78 is 0. The van der Waals surface area contributed by atoms with E-state index >= 15 is 0 Å². The third-order valence-corrected chi connectivity index (χ3v) is 4.48. The number of hydrogen-bond acceptors (Lipinski definition) is 2. The first kappa shape index (κ1) is 14.1. The van der Waals surface area contributed by atoms with Crippen LogP contribution >= 0.6 is 23.2 Å². The second kappa shape index (κ2) is 6.25. The topological polar surface area (TPSA) is 15.3 Å². The van der Waals surface area contributed by atoms with Gasteiger partial charge in [-0.2, -0.15) is 0 Å². The van der Waals surface area contributed by atoms with Crippen molar-refractivity contribution in [3.8, 4) is 0 Å². The molecule has 0 bridgehead atoms. The van der Waals surface area contributed by atoms with E-state index < -0.39 is 0 Å². The lowest BCUT2D eigenvalue weighted by Crippen LogP contribution is -2.27. The highest BCUT2D eigenvalue weighted by molar-refractivity contribution is 6.42. The van der Waals surface area contributed by atoms with Crippen molar-refractivity contribution in [2.75, 3.05) is 20.6 Å². The molecule has 0 spiro atoms. The van der Waals surface area contributed by atoms with Gasteiger partial charge in [0.25, 0.3) is 0 Å². The van der Waals surface area contributed by atoms with E-state index in [9.17, 15) is 0 Å². The number of benzene rings is 1. The van der Waals surface area contributed by atoms with Crippen LogP contribution in [0.15, 0.2) is 18.2 Å². The molecule has 0 heterocycles. The predicted molar refractivity (Wildman–Crippen MR) is 78.5 cm³/mol. The molecule has 1 unspecified atom stereocenters. The highest BCUT2D eigenvalue weighted by atomic mass is 35.5. The molecular formula is C14H20Cl2N2. The molecule has 0 saturated heterocycles. The highest BCUT2D eigenvalue weighted by Gasteiger charge is 2.26. The van der Waals surface area contributed by atoms with Crippen LogP contribution < -0.4 is 5.32 Å². The van der Waals surface area contributed by atoms with Gasteiger partial charge >= 0.3 is 0 Å². The zero-order valence-electron chi connectivity index (χ0n) is 10.9.